The number of aromatic nitrogens is 2. The second-order valence-electron chi connectivity index (χ2n) is 9.92. The lowest BCUT2D eigenvalue weighted by atomic mass is 9.89. The van der Waals surface area contributed by atoms with Gasteiger partial charge in [0.15, 0.2) is 0 Å². The summed E-state index contributed by atoms with van der Waals surface area (Å²) in [5, 5.41) is 1.25. The van der Waals surface area contributed by atoms with E-state index in [0.717, 1.165) is 60.3 Å². The summed E-state index contributed by atoms with van der Waals surface area (Å²) in [7, 11) is 0. The Hall–Kier alpha value is -2.54. The number of carbonyl (C=O) groups excluding carboxylic acids is 1. The highest BCUT2D eigenvalue weighted by atomic mass is 32.1. The second kappa shape index (κ2) is 9.61. The molecule has 0 saturated carbocycles. The molecule has 1 fully saturated rings. The molecular formula is C27H33FN4OS. The molecule has 1 aliphatic carbocycles. The van der Waals surface area contributed by atoms with Crippen molar-refractivity contribution >= 4 is 33.3 Å². The average molecular weight is 481 g/mol. The summed E-state index contributed by atoms with van der Waals surface area (Å²) in [6.07, 6.45) is 4.79. The molecule has 34 heavy (non-hydrogen) atoms. The maximum atomic E-state index is 13.2. The summed E-state index contributed by atoms with van der Waals surface area (Å²) in [5.74, 6) is 2.87. The van der Waals surface area contributed by atoms with E-state index >= 15 is 0 Å². The molecule has 180 valence electrons. The van der Waals surface area contributed by atoms with E-state index in [-0.39, 0.29) is 11.7 Å². The Kier molecular flexibility index (Phi) is 6.56. The van der Waals surface area contributed by atoms with Crippen LogP contribution in [0.2, 0.25) is 0 Å². The topological polar surface area (TPSA) is 49.3 Å². The lowest BCUT2D eigenvalue weighted by Gasteiger charge is -2.36. The number of hydrogen-bond acceptors (Lipinski definition) is 5. The van der Waals surface area contributed by atoms with E-state index < -0.39 is 0 Å². The van der Waals surface area contributed by atoms with Crippen LogP contribution in [-0.2, 0) is 24.1 Å². The fourth-order valence-corrected chi connectivity index (χ4v) is 6.41. The van der Waals surface area contributed by atoms with Gasteiger partial charge in [-0.3, -0.25) is 4.79 Å². The Balaban J connectivity index is 1.38. The molecule has 5 rings (SSSR count). The van der Waals surface area contributed by atoms with Gasteiger partial charge in [-0.2, -0.15) is 0 Å². The van der Waals surface area contributed by atoms with E-state index in [2.05, 4.69) is 25.7 Å². The third kappa shape index (κ3) is 4.54. The minimum atomic E-state index is -0.275. The predicted octanol–water partition coefficient (Wildman–Crippen LogP) is 5.36. The monoisotopic (exact) mass is 480 g/mol. The highest BCUT2D eigenvalue weighted by Gasteiger charge is 2.29. The summed E-state index contributed by atoms with van der Waals surface area (Å²) >= 11 is 1.86. The van der Waals surface area contributed by atoms with Crippen LogP contribution in [0.4, 0.5) is 10.2 Å². The fourth-order valence-electron chi connectivity index (χ4n) is 5.03. The molecule has 0 spiro atoms. The maximum Gasteiger partial charge on any atom is 0.227 e. The zero-order chi connectivity index (χ0) is 23.8. The highest BCUT2D eigenvalue weighted by Crippen LogP contribution is 2.41. The number of thiophene rings is 1. The van der Waals surface area contributed by atoms with Crippen LogP contribution >= 0.6 is 11.3 Å². The smallest absolute Gasteiger partial charge is 0.227 e. The van der Waals surface area contributed by atoms with Gasteiger partial charge in [0.05, 0.1) is 11.8 Å². The van der Waals surface area contributed by atoms with Gasteiger partial charge in [0.2, 0.25) is 5.91 Å². The van der Waals surface area contributed by atoms with Crippen LogP contribution < -0.4 is 4.90 Å². The van der Waals surface area contributed by atoms with Crippen molar-refractivity contribution in [1.29, 1.82) is 0 Å². The second-order valence-corrected chi connectivity index (χ2v) is 11.0. The molecule has 5 nitrogen and oxygen atoms in total. The van der Waals surface area contributed by atoms with Crippen LogP contribution in [0.3, 0.4) is 0 Å². The van der Waals surface area contributed by atoms with Crippen molar-refractivity contribution in [3.8, 4) is 0 Å². The number of rotatable bonds is 5. The van der Waals surface area contributed by atoms with E-state index in [1.165, 1.54) is 34.4 Å². The van der Waals surface area contributed by atoms with Crippen molar-refractivity contribution in [2.75, 3.05) is 31.1 Å². The first-order valence-electron chi connectivity index (χ1n) is 12.5. The molecule has 7 heteroatoms. The molecule has 1 aliphatic heterocycles. The van der Waals surface area contributed by atoms with Gasteiger partial charge in [-0.1, -0.05) is 32.9 Å². The minimum Gasteiger partial charge on any atom is -0.352 e. The minimum absolute atomic E-state index is 0.0984. The molecule has 0 radical (unpaired) electrons. The molecule has 0 N–H and O–H groups in total. The first kappa shape index (κ1) is 23.2. The summed E-state index contributed by atoms with van der Waals surface area (Å²) in [6, 6.07) is 6.21. The number of hydrogen-bond donors (Lipinski definition) is 0. The van der Waals surface area contributed by atoms with Gasteiger partial charge in [-0.25, -0.2) is 14.4 Å². The molecular weight excluding hydrogens is 447 g/mol. The van der Waals surface area contributed by atoms with Crippen LogP contribution in [0, 0.1) is 11.7 Å². The largest absolute Gasteiger partial charge is 0.352 e. The van der Waals surface area contributed by atoms with Crippen LogP contribution in [0.5, 0.6) is 0 Å². The number of halogens is 1. The Labute approximate surface area is 205 Å². The molecule has 0 unspecified atom stereocenters. The van der Waals surface area contributed by atoms with Gasteiger partial charge >= 0.3 is 0 Å². The van der Waals surface area contributed by atoms with E-state index in [4.69, 9.17) is 9.97 Å². The standard InChI is InChI=1S/C27H33FN4OS/c1-4-18(3)25-29-26(24-21-10-5-17(2)15-22(21)34-27(24)30-25)32-13-11-31(12-14-32)23(33)16-19-6-8-20(28)9-7-19/h6-9,17-18H,4-5,10-16H2,1-3H3/t17-,18+/m1/s1. The predicted molar refractivity (Wildman–Crippen MR) is 136 cm³/mol. The van der Waals surface area contributed by atoms with Crippen molar-refractivity contribution in [3.05, 3.63) is 51.9 Å². The number of piperazine rings is 1. The van der Waals surface area contributed by atoms with Crippen molar-refractivity contribution in [3.63, 3.8) is 0 Å². The van der Waals surface area contributed by atoms with Gasteiger partial charge in [0.1, 0.15) is 22.3 Å². The van der Waals surface area contributed by atoms with Crippen LogP contribution in [0.15, 0.2) is 24.3 Å². The summed E-state index contributed by atoms with van der Waals surface area (Å²) in [4.78, 5) is 29.9. The molecule has 2 atom stereocenters. The first-order valence-corrected chi connectivity index (χ1v) is 13.3. The molecule has 3 heterocycles. The van der Waals surface area contributed by atoms with Crippen molar-refractivity contribution in [2.45, 2.75) is 58.8 Å². The molecule has 1 amide bonds. The van der Waals surface area contributed by atoms with Gasteiger partial charge in [-0.15, -0.1) is 11.3 Å². The van der Waals surface area contributed by atoms with Gasteiger partial charge in [-0.05, 0) is 54.9 Å². The number of carbonyl (C=O) groups is 1. The molecule has 2 aromatic heterocycles. The van der Waals surface area contributed by atoms with Crippen LogP contribution in [0.25, 0.3) is 10.2 Å². The zero-order valence-electron chi connectivity index (χ0n) is 20.3. The van der Waals surface area contributed by atoms with E-state index in [1.807, 2.05) is 16.2 Å². The van der Waals surface area contributed by atoms with Crippen molar-refractivity contribution in [1.82, 2.24) is 14.9 Å². The average Bonchev–Trinajstić information content (AvgIpc) is 3.21. The quantitative estimate of drug-likeness (QED) is 0.493. The summed E-state index contributed by atoms with van der Waals surface area (Å²) in [5.41, 5.74) is 2.31. The normalized spacial score (nSPS) is 19.4. The van der Waals surface area contributed by atoms with E-state index in [9.17, 15) is 9.18 Å². The number of anilines is 1. The number of fused-ring (bicyclic) bond motifs is 3. The van der Waals surface area contributed by atoms with E-state index in [1.54, 1.807) is 12.1 Å². The third-order valence-corrected chi connectivity index (χ3v) is 8.56. The lowest BCUT2D eigenvalue weighted by molar-refractivity contribution is -0.130. The SMILES string of the molecule is CC[C@H](C)c1nc(N2CCN(C(=O)Cc3ccc(F)cc3)CC2)c2c3c(sc2n1)C[C@H](C)CC3. The highest BCUT2D eigenvalue weighted by molar-refractivity contribution is 7.19. The molecule has 2 aliphatic rings. The zero-order valence-corrected chi connectivity index (χ0v) is 21.1. The lowest BCUT2D eigenvalue weighted by Crippen LogP contribution is -2.49. The Bertz CT molecular complexity index is 1180. The Morgan fingerprint density at radius 2 is 1.91 bits per heavy atom. The van der Waals surface area contributed by atoms with Gasteiger partial charge in [0, 0.05) is 37.0 Å². The van der Waals surface area contributed by atoms with Gasteiger partial charge < -0.3 is 9.80 Å². The number of benzene rings is 1. The van der Waals surface area contributed by atoms with Crippen molar-refractivity contribution < 1.29 is 9.18 Å². The molecule has 0 bridgehead atoms. The summed E-state index contributed by atoms with van der Waals surface area (Å²) in [6.45, 7) is 9.61. The van der Waals surface area contributed by atoms with Crippen molar-refractivity contribution in [2.24, 2.45) is 5.92 Å². The third-order valence-electron chi connectivity index (χ3n) is 7.41. The number of aryl methyl sites for hydroxylation is 1. The number of nitrogens with zero attached hydrogens (tertiary/aromatic N) is 4. The van der Waals surface area contributed by atoms with Crippen LogP contribution in [0.1, 0.15) is 61.4 Å². The Morgan fingerprint density at radius 3 is 2.62 bits per heavy atom. The fraction of sp³-hybridized carbons (Fsp3) is 0.519. The molecule has 3 aromatic rings. The number of amides is 1. The van der Waals surface area contributed by atoms with E-state index in [0.29, 0.717) is 25.4 Å². The first-order chi connectivity index (χ1) is 16.4. The molecule has 1 saturated heterocycles. The maximum absolute atomic E-state index is 13.2. The van der Waals surface area contributed by atoms with Crippen LogP contribution in [-0.4, -0.2) is 47.0 Å². The summed E-state index contributed by atoms with van der Waals surface area (Å²) < 4.78 is 13.2. The molecule has 1 aromatic carbocycles. The van der Waals surface area contributed by atoms with Gasteiger partial charge in [0.25, 0.3) is 0 Å². The Morgan fingerprint density at radius 1 is 1.18 bits per heavy atom.